The van der Waals surface area contributed by atoms with Gasteiger partial charge in [0.25, 0.3) is 5.56 Å². The molecule has 0 aromatic carbocycles. The zero-order valence-corrected chi connectivity index (χ0v) is 29.3. The van der Waals surface area contributed by atoms with Crippen LogP contribution in [0.15, 0.2) is 15.8 Å². The summed E-state index contributed by atoms with van der Waals surface area (Å²) in [7, 11) is -6.94. The summed E-state index contributed by atoms with van der Waals surface area (Å²) in [5.74, 6) is -0.210. The number of H-pyrrole nitrogens is 2. The molecule has 1 aromatic rings. The van der Waals surface area contributed by atoms with Gasteiger partial charge in [-0.2, -0.15) is 0 Å². The van der Waals surface area contributed by atoms with E-state index in [9.17, 15) is 14.4 Å². The van der Waals surface area contributed by atoms with Crippen molar-refractivity contribution >= 4 is 25.0 Å². The Morgan fingerprint density at radius 1 is 0.921 bits per heavy atom. The van der Waals surface area contributed by atoms with Crippen molar-refractivity contribution in [2.24, 2.45) is 5.92 Å². The van der Waals surface area contributed by atoms with E-state index in [4.69, 9.17) is 13.6 Å². The summed E-state index contributed by atoms with van der Waals surface area (Å²) in [6, 6.07) is 0. The van der Waals surface area contributed by atoms with Crippen LogP contribution in [0, 0.1) is 5.92 Å². The molecule has 0 aliphatic carbocycles. The highest BCUT2D eigenvalue weighted by molar-refractivity contribution is 6.74. The van der Waals surface area contributed by atoms with Gasteiger partial charge >= 0.3 is 5.69 Å². The molecule has 1 aromatic heterocycles. The Morgan fingerprint density at radius 2 is 1.45 bits per heavy atom. The predicted molar refractivity (Wildman–Crippen MR) is 162 cm³/mol. The highest BCUT2D eigenvalue weighted by Crippen LogP contribution is 2.52. The van der Waals surface area contributed by atoms with E-state index >= 15 is 0 Å². The molecule has 220 valence electrons. The fraction of sp³-hybridized carbons (Fsp3) is 0.852. The Balaban J connectivity index is 2.65. The highest BCUT2D eigenvalue weighted by Gasteiger charge is 2.54. The molecule has 4 atom stereocenters. The molecule has 3 N–H and O–H groups in total. The average molecular weight is 587 g/mol. The lowest BCUT2D eigenvalue weighted by molar-refractivity contribution is -0.0172. The van der Waals surface area contributed by atoms with Crippen LogP contribution in [0.2, 0.25) is 54.4 Å². The SMILES string of the molecule is CC(C)(C[C@H]1C(O[Si](C)(C)C(C)(C)C)[C@@H](CO[Si](C)(C)C(C)(C)C)O[C@H]1c1c[nH]c(=O)[nH]c1=O)[Si](C)(C)O. The minimum atomic E-state index is -2.59. The van der Waals surface area contributed by atoms with Gasteiger partial charge in [0.15, 0.2) is 25.0 Å². The number of nitrogens with one attached hydrogen (secondary N) is 2. The first-order valence-electron chi connectivity index (χ1n) is 13.8. The fourth-order valence-electron chi connectivity index (χ4n) is 4.13. The Morgan fingerprint density at radius 3 is 1.89 bits per heavy atom. The van der Waals surface area contributed by atoms with Gasteiger partial charge in [0.1, 0.15) is 6.10 Å². The first-order chi connectivity index (χ1) is 16.8. The smallest absolute Gasteiger partial charge is 0.325 e. The number of hydrogen-bond donors (Lipinski definition) is 3. The molecule has 1 aliphatic heterocycles. The van der Waals surface area contributed by atoms with Gasteiger partial charge in [-0.1, -0.05) is 55.4 Å². The molecule has 1 aliphatic rings. The van der Waals surface area contributed by atoms with Crippen molar-refractivity contribution in [2.45, 2.75) is 135 Å². The molecular formula is C27H54N2O6Si3. The lowest BCUT2D eigenvalue weighted by Crippen LogP contribution is -2.51. The molecule has 1 fully saturated rings. The van der Waals surface area contributed by atoms with Crippen molar-refractivity contribution < 1.29 is 18.4 Å². The topological polar surface area (TPSA) is 114 Å². The highest BCUT2D eigenvalue weighted by atomic mass is 28.4. The van der Waals surface area contributed by atoms with Crippen molar-refractivity contribution in [3.63, 3.8) is 0 Å². The van der Waals surface area contributed by atoms with Crippen LogP contribution in [0.25, 0.3) is 0 Å². The van der Waals surface area contributed by atoms with Crippen LogP contribution >= 0.6 is 0 Å². The van der Waals surface area contributed by atoms with Crippen molar-refractivity contribution in [1.82, 2.24) is 9.97 Å². The summed E-state index contributed by atoms with van der Waals surface area (Å²) in [6.07, 6.45) is 0.760. The summed E-state index contributed by atoms with van der Waals surface area (Å²) in [5.41, 5.74) is -0.634. The van der Waals surface area contributed by atoms with Crippen LogP contribution in [-0.4, -0.2) is 58.5 Å². The molecule has 11 heteroatoms. The van der Waals surface area contributed by atoms with E-state index in [1.54, 1.807) is 0 Å². The molecule has 2 rings (SSSR count). The fourth-order valence-corrected chi connectivity index (χ4v) is 7.24. The van der Waals surface area contributed by atoms with Crippen LogP contribution in [0.3, 0.4) is 0 Å². The zero-order chi connectivity index (χ0) is 29.7. The van der Waals surface area contributed by atoms with Crippen LogP contribution in [0.4, 0.5) is 0 Å². The number of ether oxygens (including phenoxy) is 1. The number of hydrogen-bond acceptors (Lipinski definition) is 6. The van der Waals surface area contributed by atoms with Crippen LogP contribution < -0.4 is 11.2 Å². The number of rotatable bonds is 9. The molecular weight excluding hydrogens is 533 g/mol. The summed E-state index contributed by atoms with van der Waals surface area (Å²) in [4.78, 5) is 41.0. The Kier molecular flexibility index (Phi) is 9.54. The normalized spacial score (nSPS) is 24.2. The standard InChI is InChI=1S/C27H54N2O6Si3/c1-25(2,3)37(11,12)33-17-20-22(35-38(13,14)26(4,5)6)18(15-27(7,8)36(9,10)32)21(34-20)19-16-28-24(31)29-23(19)30/h16,18,20-22,32H,15,17H2,1-14H3,(H2,28,29,30,31)/t18-,20-,21-,22?/m1/s1. The lowest BCUT2D eigenvalue weighted by atomic mass is 9.85. The Bertz CT molecular complexity index is 1080. The van der Waals surface area contributed by atoms with Gasteiger partial charge in [-0.15, -0.1) is 0 Å². The molecule has 8 nitrogen and oxygen atoms in total. The van der Waals surface area contributed by atoms with E-state index in [0.717, 1.165) is 0 Å². The maximum atomic E-state index is 13.0. The molecule has 0 bridgehead atoms. The first-order valence-corrected chi connectivity index (χ1v) is 22.6. The van der Waals surface area contributed by atoms with Crippen LogP contribution in [0.1, 0.15) is 73.5 Å². The van der Waals surface area contributed by atoms with E-state index in [1.165, 1.54) is 6.20 Å². The van der Waals surface area contributed by atoms with Crippen molar-refractivity contribution in [3.05, 3.63) is 32.6 Å². The Hall–Kier alpha value is -0.829. The second kappa shape index (κ2) is 10.9. The minimum absolute atomic E-state index is 0.0313. The predicted octanol–water partition coefficient (Wildman–Crippen LogP) is 5.90. The molecule has 0 spiro atoms. The molecule has 1 unspecified atom stereocenters. The lowest BCUT2D eigenvalue weighted by Gasteiger charge is -2.44. The van der Waals surface area contributed by atoms with E-state index in [2.05, 4.69) is 91.5 Å². The number of aromatic amines is 2. The van der Waals surface area contributed by atoms with E-state index in [-0.39, 0.29) is 33.2 Å². The third kappa shape index (κ3) is 7.27. The molecule has 38 heavy (non-hydrogen) atoms. The second-order valence-corrected chi connectivity index (χ2v) is 29.4. The van der Waals surface area contributed by atoms with Gasteiger partial charge in [0.05, 0.1) is 24.4 Å². The quantitative estimate of drug-likeness (QED) is 0.311. The van der Waals surface area contributed by atoms with Crippen LogP contribution in [-0.2, 0) is 13.6 Å². The molecule has 0 amide bonds. The van der Waals surface area contributed by atoms with Crippen molar-refractivity contribution in [1.29, 1.82) is 0 Å². The van der Waals surface area contributed by atoms with Crippen molar-refractivity contribution in [2.75, 3.05) is 6.61 Å². The van der Waals surface area contributed by atoms with Gasteiger partial charge < -0.3 is 23.4 Å². The largest absolute Gasteiger partial charge is 0.432 e. The Labute approximate surface area is 232 Å². The van der Waals surface area contributed by atoms with Gasteiger partial charge in [-0.25, -0.2) is 4.79 Å². The van der Waals surface area contributed by atoms with E-state index in [0.29, 0.717) is 18.6 Å². The zero-order valence-electron chi connectivity index (χ0n) is 26.3. The molecule has 0 radical (unpaired) electrons. The van der Waals surface area contributed by atoms with Gasteiger partial charge in [0, 0.05) is 12.1 Å². The summed E-state index contributed by atoms with van der Waals surface area (Å²) >= 11 is 0. The average Bonchev–Trinajstić information content (AvgIpc) is 3.00. The molecule has 0 saturated carbocycles. The van der Waals surface area contributed by atoms with Gasteiger partial charge in [-0.3, -0.25) is 9.78 Å². The molecule has 1 saturated heterocycles. The monoisotopic (exact) mass is 586 g/mol. The second-order valence-electron chi connectivity index (χ2n) is 15.3. The third-order valence-electron chi connectivity index (χ3n) is 9.71. The number of aromatic nitrogens is 2. The van der Waals surface area contributed by atoms with Crippen LogP contribution in [0.5, 0.6) is 0 Å². The van der Waals surface area contributed by atoms with E-state index < -0.39 is 42.3 Å². The maximum absolute atomic E-state index is 13.0. The van der Waals surface area contributed by atoms with Gasteiger partial charge in [-0.05, 0) is 60.8 Å². The maximum Gasteiger partial charge on any atom is 0.325 e. The molecule has 2 heterocycles. The van der Waals surface area contributed by atoms with E-state index in [1.807, 2.05) is 13.1 Å². The third-order valence-corrected chi connectivity index (χ3v) is 22.2. The van der Waals surface area contributed by atoms with Gasteiger partial charge in [0.2, 0.25) is 0 Å². The van der Waals surface area contributed by atoms with Crippen molar-refractivity contribution in [3.8, 4) is 0 Å². The summed E-state index contributed by atoms with van der Waals surface area (Å²) < 4.78 is 20.5. The first kappa shape index (κ1) is 33.4. The summed E-state index contributed by atoms with van der Waals surface area (Å²) in [6.45, 7) is 30.6. The summed E-state index contributed by atoms with van der Waals surface area (Å²) in [5, 5.41) is -0.375. The minimum Gasteiger partial charge on any atom is -0.432 e.